The van der Waals surface area contributed by atoms with Crippen LogP contribution >= 0.6 is 11.6 Å². The van der Waals surface area contributed by atoms with Crippen molar-refractivity contribution in [1.82, 2.24) is 25.1 Å². The molecule has 0 bridgehead atoms. The number of anilines is 2. The van der Waals surface area contributed by atoms with Crippen molar-refractivity contribution < 1.29 is 15.0 Å². The van der Waals surface area contributed by atoms with E-state index in [1.807, 2.05) is 0 Å². The van der Waals surface area contributed by atoms with Crippen molar-refractivity contribution in [1.29, 1.82) is 0 Å². The fraction of sp³-hybridized carbons (Fsp3) is 0.593. The molecule has 2 fully saturated rings. The number of hydrogen-bond donors (Lipinski definition) is 4. The summed E-state index contributed by atoms with van der Waals surface area (Å²) in [5.41, 5.74) is 8.43. The molecule has 1 unspecified atom stereocenters. The van der Waals surface area contributed by atoms with Crippen molar-refractivity contribution >= 4 is 29.1 Å². The smallest absolute Gasteiger partial charge is 0.273 e. The summed E-state index contributed by atoms with van der Waals surface area (Å²) in [6, 6.07) is 9.33. The van der Waals surface area contributed by atoms with Gasteiger partial charge in [-0.15, -0.1) is 0 Å². The fourth-order valence-corrected chi connectivity index (χ4v) is 5.94. The first-order valence-corrected chi connectivity index (χ1v) is 13.9. The molecule has 2 aliphatic rings. The SMILES string of the molecule is CCC1CN(c2nc(N)c(C(=O)NCCO)nc2Cl)CCN1C1CCN([C@@H](CO)c2ccc(C)cc2)CC1. The predicted octanol–water partition coefficient (Wildman–Crippen LogP) is 1.84. The van der Waals surface area contributed by atoms with Gasteiger partial charge in [-0.25, -0.2) is 9.97 Å². The van der Waals surface area contributed by atoms with Crippen molar-refractivity contribution in [2.75, 3.05) is 63.1 Å². The lowest BCUT2D eigenvalue weighted by Crippen LogP contribution is -2.58. The van der Waals surface area contributed by atoms with Gasteiger partial charge in [0.1, 0.15) is 0 Å². The Morgan fingerprint density at radius 2 is 1.87 bits per heavy atom. The van der Waals surface area contributed by atoms with E-state index in [2.05, 4.69) is 68.1 Å². The number of piperidine rings is 1. The van der Waals surface area contributed by atoms with Crippen LogP contribution < -0.4 is 16.0 Å². The van der Waals surface area contributed by atoms with Gasteiger partial charge in [-0.2, -0.15) is 0 Å². The number of halogens is 1. The number of nitrogen functional groups attached to an aromatic ring is 1. The Labute approximate surface area is 229 Å². The van der Waals surface area contributed by atoms with E-state index in [-0.39, 0.29) is 42.5 Å². The number of aliphatic hydroxyl groups excluding tert-OH is 2. The Morgan fingerprint density at radius 1 is 1.16 bits per heavy atom. The number of likely N-dealkylation sites (tertiary alicyclic amines) is 1. The highest BCUT2D eigenvalue weighted by atomic mass is 35.5. The molecule has 0 aliphatic carbocycles. The van der Waals surface area contributed by atoms with Crippen LogP contribution in [0.5, 0.6) is 0 Å². The van der Waals surface area contributed by atoms with E-state index in [1.165, 1.54) is 11.1 Å². The second-order valence-corrected chi connectivity index (χ2v) is 10.5. The molecule has 3 heterocycles. The van der Waals surface area contributed by atoms with Crippen LogP contribution in [0.2, 0.25) is 5.15 Å². The van der Waals surface area contributed by atoms with Crippen molar-refractivity contribution in [3.8, 4) is 0 Å². The van der Waals surface area contributed by atoms with Crippen LogP contribution in [0.3, 0.4) is 0 Å². The quantitative estimate of drug-likeness (QED) is 0.373. The van der Waals surface area contributed by atoms with Gasteiger partial charge in [0.05, 0.1) is 19.3 Å². The summed E-state index contributed by atoms with van der Waals surface area (Å²) in [7, 11) is 0. The lowest BCUT2D eigenvalue weighted by molar-refractivity contribution is 0.0356. The van der Waals surface area contributed by atoms with E-state index in [1.54, 1.807) is 0 Å². The maximum absolute atomic E-state index is 12.3. The number of rotatable bonds is 9. The topological polar surface area (TPSA) is 131 Å². The normalized spacial score (nSPS) is 20.4. The van der Waals surface area contributed by atoms with Crippen LogP contribution in [0, 0.1) is 6.92 Å². The molecular weight excluding hydrogens is 506 g/mol. The highest BCUT2D eigenvalue weighted by molar-refractivity contribution is 6.32. The molecule has 1 aromatic heterocycles. The Morgan fingerprint density at radius 3 is 2.50 bits per heavy atom. The summed E-state index contributed by atoms with van der Waals surface area (Å²) >= 11 is 6.47. The van der Waals surface area contributed by atoms with E-state index in [0.29, 0.717) is 17.9 Å². The Balaban J connectivity index is 1.38. The molecule has 11 heteroatoms. The number of aromatic nitrogens is 2. The van der Waals surface area contributed by atoms with Crippen molar-refractivity contribution in [3.05, 3.63) is 46.2 Å². The summed E-state index contributed by atoms with van der Waals surface area (Å²) in [4.78, 5) is 28.1. The third-order valence-electron chi connectivity index (χ3n) is 7.82. The Kier molecular flexibility index (Phi) is 9.78. The largest absolute Gasteiger partial charge is 0.395 e. The number of nitrogens with zero attached hydrogens (tertiary/aromatic N) is 5. The number of nitrogens with one attached hydrogen (secondary N) is 1. The molecule has 5 N–H and O–H groups in total. The standard InChI is InChI=1S/C27H40ClN7O3/c1-3-20-16-34(26-24(28)31-23(25(29)32-26)27(38)30-10-15-36)13-14-35(20)21-8-11-33(12-9-21)22(17-37)19-6-4-18(2)5-7-19/h4-7,20-22,36-37H,3,8-17H2,1-2H3,(H2,29,32)(H,30,38)/t20?,22-/m0/s1. The molecular formula is C27H40ClN7O3. The maximum Gasteiger partial charge on any atom is 0.273 e. The van der Waals surface area contributed by atoms with E-state index < -0.39 is 5.91 Å². The Hall–Kier alpha value is -2.50. The van der Waals surface area contributed by atoms with Crippen LogP contribution in [0.25, 0.3) is 0 Å². The zero-order chi connectivity index (χ0) is 27.2. The van der Waals surface area contributed by atoms with Crippen molar-refractivity contribution in [2.45, 2.75) is 51.2 Å². The Bertz CT molecular complexity index is 1080. The highest BCUT2D eigenvalue weighted by Gasteiger charge is 2.35. The molecule has 2 saturated heterocycles. The molecule has 0 radical (unpaired) electrons. The number of nitrogens with two attached hydrogens (primary N) is 1. The van der Waals surface area contributed by atoms with Gasteiger partial charge in [0.2, 0.25) is 0 Å². The van der Waals surface area contributed by atoms with Gasteiger partial charge in [-0.05, 0) is 31.7 Å². The zero-order valence-corrected chi connectivity index (χ0v) is 23.1. The summed E-state index contributed by atoms with van der Waals surface area (Å²) in [5, 5.41) is 21.8. The van der Waals surface area contributed by atoms with E-state index >= 15 is 0 Å². The van der Waals surface area contributed by atoms with E-state index in [0.717, 1.165) is 52.0 Å². The minimum absolute atomic E-state index is 0.0229. The van der Waals surface area contributed by atoms with Gasteiger partial charge in [-0.1, -0.05) is 48.4 Å². The monoisotopic (exact) mass is 545 g/mol. The first-order chi connectivity index (χ1) is 18.4. The second-order valence-electron chi connectivity index (χ2n) is 10.2. The van der Waals surface area contributed by atoms with Crippen LogP contribution in [0.4, 0.5) is 11.6 Å². The predicted molar refractivity (Wildman–Crippen MR) is 149 cm³/mol. The minimum atomic E-state index is -0.508. The van der Waals surface area contributed by atoms with Gasteiger partial charge in [-0.3, -0.25) is 14.6 Å². The average Bonchev–Trinajstić information content (AvgIpc) is 2.94. The summed E-state index contributed by atoms with van der Waals surface area (Å²) in [6.45, 7) is 8.60. The summed E-state index contributed by atoms with van der Waals surface area (Å²) in [5.74, 6) is 0.0142. The number of carbonyl (C=O) groups excluding carboxylic acids is 1. The van der Waals surface area contributed by atoms with Crippen molar-refractivity contribution in [3.63, 3.8) is 0 Å². The van der Waals surface area contributed by atoms with Gasteiger partial charge >= 0.3 is 0 Å². The van der Waals surface area contributed by atoms with Gasteiger partial charge < -0.3 is 26.2 Å². The molecule has 4 rings (SSSR count). The molecule has 10 nitrogen and oxygen atoms in total. The molecule has 2 aliphatic heterocycles. The van der Waals surface area contributed by atoms with E-state index in [4.69, 9.17) is 22.4 Å². The molecule has 38 heavy (non-hydrogen) atoms. The third kappa shape index (κ3) is 6.38. The summed E-state index contributed by atoms with van der Waals surface area (Å²) in [6.07, 6.45) is 3.11. The molecule has 208 valence electrons. The molecule has 2 atom stereocenters. The fourth-order valence-electron chi connectivity index (χ4n) is 5.70. The highest BCUT2D eigenvalue weighted by Crippen LogP contribution is 2.31. The maximum atomic E-state index is 12.3. The second kappa shape index (κ2) is 13.0. The van der Waals surface area contributed by atoms with Gasteiger partial charge in [0.25, 0.3) is 5.91 Å². The molecule has 1 amide bonds. The first-order valence-electron chi connectivity index (χ1n) is 13.5. The molecule has 0 spiro atoms. The van der Waals surface area contributed by atoms with Gasteiger partial charge in [0.15, 0.2) is 22.5 Å². The zero-order valence-electron chi connectivity index (χ0n) is 22.3. The van der Waals surface area contributed by atoms with E-state index in [9.17, 15) is 9.90 Å². The molecule has 2 aromatic rings. The molecule has 1 aromatic carbocycles. The lowest BCUT2D eigenvalue weighted by atomic mass is 9.95. The summed E-state index contributed by atoms with van der Waals surface area (Å²) < 4.78 is 0. The number of hydrogen-bond acceptors (Lipinski definition) is 9. The lowest BCUT2D eigenvalue weighted by Gasteiger charge is -2.48. The number of aryl methyl sites for hydroxylation is 1. The van der Waals surface area contributed by atoms with Crippen LogP contribution in [0.15, 0.2) is 24.3 Å². The van der Waals surface area contributed by atoms with Crippen molar-refractivity contribution in [2.24, 2.45) is 0 Å². The number of piperazine rings is 1. The van der Waals surface area contributed by atoms with Crippen LogP contribution in [0.1, 0.15) is 53.8 Å². The minimum Gasteiger partial charge on any atom is -0.395 e. The molecule has 0 saturated carbocycles. The number of carbonyl (C=O) groups is 1. The first kappa shape index (κ1) is 28.5. The van der Waals surface area contributed by atoms with Crippen LogP contribution in [-0.4, -0.2) is 100 Å². The number of amides is 1. The number of benzene rings is 1. The average molecular weight is 546 g/mol. The number of aliphatic hydroxyl groups is 2. The van der Waals surface area contributed by atoms with Gasteiger partial charge in [0, 0.05) is 51.4 Å². The van der Waals surface area contributed by atoms with Crippen LogP contribution in [-0.2, 0) is 0 Å². The third-order valence-corrected chi connectivity index (χ3v) is 8.07.